The molecule has 0 amide bonds. The molecule has 0 aliphatic heterocycles. The summed E-state index contributed by atoms with van der Waals surface area (Å²) in [7, 11) is 0. The molecule has 0 nitrogen and oxygen atoms in total. The molecule has 0 saturated heterocycles. The van der Waals surface area contributed by atoms with E-state index in [1.807, 2.05) is 0 Å². The van der Waals surface area contributed by atoms with Crippen molar-refractivity contribution in [2.75, 3.05) is 0 Å². The van der Waals surface area contributed by atoms with Gasteiger partial charge in [0.1, 0.15) is 0 Å². The minimum atomic E-state index is 0.298. The molecule has 0 heteroatoms. The number of hydrogen-bond donors (Lipinski definition) is 0. The van der Waals surface area contributed by atoms with Gasteiger partial charge in [0.05, 0.1) is 6.42 Å². The van der Waals surface area contributed by atoms with Gasteiger partial charge in [-0.15, -0.1) is 6.42 Å². The molecule has 44 valence electrons. The van der Waals surface area contributed by atoms with Crippen molar-refractivity contribution in [1.82, 2.24) is 0 Å². The van der Waals surface area contributed by atoms with E-state index in [1.54, 1.807) is 0 Å². The lowest BCUT2D eigenvalue weighted by Crippen LogP contribution is -2.03. The smallest absolute Gasteiger partial charge is 0.0678 e. The average molecular weight is 108 g/mol. The van der Waals surface area contributed by atoms with Crippen LogP contribution >= 0.6 is 0 Å². The Kier molecular flexibility index (Phi) is 2.62. The monoisotopic (exact) mass is 108 g/mol. The maximum atomic E-state index is 4.97. The van der Waals surface area contributed by atoms with Crippen LogP contribution in [0.2, 0.25) is 0 Å². The third-order valence-corrected chi connectivity index (χ3v) is 0.721. The van der Waals surface area contributed by atoms with Gasteiger partial charge in [-0.2, -0.15) is 0 Å². The third-order valence-electron chi connectivity index (χ3n) is 0.721. The molecule has 0 atom stereocenters. The fourth-order valence-electron chi connectivity index (χ4n) is 0.316. The largest absolute Gasteiger partial charge is 0.119 e. The second kappa shape index (κ2) is 2.77. The van der Waals surface area contributed by atoms with Crippen molar-refractivity contribution in [3.05, 3.63) is 6.42 Å². The Morgan fingerprint density at radius 3 is 2.00 bits per heavy atom. The van der Waals surface area contributed by atoms with E-state index in [0.29, 0.717) is 5.41 Å². The van der Waals surface area contributed by atoms with E-state index in [-0.39, 0.29) is 0 Å². The summed E-state index contributed by atoms with van der Waals surface area (Å²) in [5.74, 6) is 2.37. The van der Waals surface area contributed by atoms with Gasteiger partial charge >= 0.3 is 0 Å². The Bertz CT molecular complexity index is 87.6. The standard InChI is InChI=1S/C8H12/c1-5-6-7-8(2,3)4/h1H,7H2,2-4H3. The lowest BCUT2D eigenvalue weighted by Gasteiger charge is -2.14. The minimum absolute atomic E-state index is 0.298. The Morgan fingerprint density at radius 1 is 1.38 bits per heavy atom. The van der Waals surface area contributed by atoms with Crippen LogP contribution in [0.1, 0.15) is 27.2 Å². The molecule has 0 aromatic carbocycles. The average Bonchev–Trinajstić information content (AvgIpc) is 1.59. The molecule has 0 rings (SSSR count). The van der Waals surface area contributed by atoms with E-state index in [2.05, 4.69) is 33.1 Å². The van der Waals surface area contributed by atoms with Crippen LogP contribution in [0.3, 0.4) is 0 Å². The lowest BCUT2D eigenvalue weighted by molar-refractivity contribution is 0.412. The minimum Gasteiger partial charge on any atom is -0.119 e. The molecule has 0 fully saturated rings. The van der Waals surface area contributed by atoms with Gasteiger partial charge in [-0.3, -0.25) is 0 Å². The van der Waals surface area contributed by atoms with Gasteiger partial charge in [0.15, 0.2) is 0 Å². The highest BCUT2D eigenvalue weighted by molar-refractivity contribution is 5.01. The first kappa shape index (κ1) is 7.56. The van der Waals surface area contributed by atoms with Crippen LogP contribution in [0.5, 0.6) is 0 Å². The molecule has 8 heavy (non-hydrogen) atoms. The number of terminal acetylenes is 1. The van der Waals surface area contributed by atoms with E-state index in [0.717, 1.165) is 6.42 Å². The normalized spacial score (nSPS) is 10.8. The van der Waals surface area contributed by atoms with Crippen molar-refractivity contribution in [2.45, 2.75) is 27.2 Å². The molecule has 0 N–H and O–H groups in total. The molecule has 0 aliphatic rings. The molecule has 0 heterocycles. The molecule has 2 radical (unpaired) electrons. The predicted octanol–water partition coefficient (Wildman–Crippen LogP) is 2.14. The molecule has 0 aromatic heterocycles. The quantitative estimate of drug-likeness (QED) is 0.451. The molecular formula is C8H12. The summed E-state index contributed by atoms with van der Waals surface area (Å²) in [6.45, 7) is 6.41. The van der Waals surface area contributed by atoms with Crippen molar-refractivity contribution in [3.8, 4) is 12.3 Å². The highest BCUT2D eigenvalue weighted by atomic mass is 14.1. The van der Waals surface area contributed by atoms with Gasteiger partial charge < -0.3 is 0 Å². The fraction of sp³-hybridized carbons (Fsp3) is 0.625. The maximum Gasteiger partial charge on any atom is 0.0678 e. The number of hydrogen-bond acceptors (Lipinski definition) is 0. The first-order valence-electron chi connectivity index (χ1n) is 2.75. The fourth-order valence-corrected chi connectivity index (χ4v) is 0.316. The van der Waals surface area contributed by atoms with E-state index >= 15 is 0 Å². The van der Waals surface area contributed by atoms with Crippen LogP contribution in [0.15, 0.2) is 0 Å². The zero-order valence-corrected chi connectivity index (χ0v) is 5.78. The van der Waals surface area contributed by atoms with Crippen molar-refractivity contribution in [2.24, 2.45) is 5.41 Å². The summed E-state index contributed by atoms with van der Waals surface area (Å²) in [4.78, 5) is 0. The van der Waals surface area contributed by atoms with Crippen LogP contribution in [-0.2, 0) is 0 Å². The molecular weight excluding hydrogens is 96.1 g/mol. The third kappa shape index (κ3) is 5.56. The van der Waals surface area contributed by atoms with Crippen LogP contribution in [0, 0.1) is 24.2 Å². The van der Waals surface area contributed by atoms with E-state index in [9.17, 15) is 0 Å². The van der Waals surface area contributed by atoms with Gasteiger partial charge in [-0.25, -0.2) is 0 Å². The first-order chi connectivity index (χ1) is 3.56. The molecule has 0 bridgehead atoms. The molecule has 0 saturated carbocycles. The predicted molar refractivity (Wildman–Crippen MR) is 36.1 cm³/mol. The van der Waals surface area contributed by atoms with E-state index < -0.39 is 0 Å². The van der Waals surface area contributed by atoms with Crippen molar-refractivity contribution in [1.29, 1.82) is 0 Å². The Hall–Kier alpha value is -0.440. The van der Waals surface area contributed by atoms with Gasteiger partial charge in [-0.05, 0) is 11.8 Å². The van der Waals surface area contributed by atoms with Gasteiger partial charge in [0.2, 0.25) is 0 Å². The second-order valence-electron chi connectivity index (χ2n) is 3.06. The van der Waals surface area contributed by atoms with Gasteiger partial charge in [0, 0.05) is 0 Å². The molecule has 0 aliphatic carbocycles. The highest BCUT2D eigenvalue weighted by Gasteiger charge is 2.07. The highest BCUT2D eigenvalue weighted by Crippen LogP contribution is 2.18. The summed E-state index contributed by atoms with van der Waals surface area (Å²) in [6, 6.07) is 0. The summed E-state index contributed by atoms with van der Waals surface area (Å²) >= 11 is 0. The van der Waals surface area contributed by atoms with Crippen molar-refractivity contribution in [3.63, 3.8) is 0 Å². The van der Waals surface area contributed by atoms with E-state index in [1.165, 1.54) is 0 Å². The van der Waals surface area contributed by atoms with Crippen LogP contribution in [-0.4, -0.2) is 0 Å². The van der Waals surface area contributed by atoms with Crippen molar-refractivity contribution < 1.29 is 0 Å². The summed E-state index contributed by atoms with van der Waals surface area (Å²) < 4.78 is 0. The number of rotatable bonds is 1. The zero-order chi connectivity index (χ0) is 6.62. The SMILES string of the molecule is C#C[C]CC(C)(C)C. The maximum absolute atomic E-state index is 4.97. The van der Waals surface area contributed by atoms with Crippen LogP contribution < -0.4 is 0 Å². The van der Waals surface area contributed by atoms with Crippen molar-refractivity contribution >= 4 is 0 Å². The van der Waals surface area contributed by atoms with Crippen LogP contribution in [0.25, 0.3) is 0 Å². The Labute approximate surface area is 52.3 Å². The van der Waals surface area contributed by atoms with Gasteiger partial charge in [-0.1, -0.05) is 26.7 Å². The first-order valence-corrected chi connectivity index (χ1v) is 2.75. The Balaban J connectivity index is 3.28. The second-order valence-corrected chi connectivity index (χ2v) is 3.06. The van der Waals surface area contributed by atoms with Gasteiger partial charge in [0.25, 0.3) is 0 Å². The molecule has 0 unspecified atom stereocenters. The topological polar surface area (TPSA) is 0 Å². The summed E-state index contributed by atoms with van der Waals surface area (Å²) in [5, 5.41) is 0. The van der Waals surface area contributed by atoms with Crippen LogP contribution in [0.4, 0.5) is 0 Å². The zero-order valence-electron chi connectivity index (χ0n) is 5.78. The Morgan fingerprint density at radius 2 is 1.88 bits per heavy atom. The van der Waals surface area contributed by atoms with E-state index in [4.69, 9.17) is 6.42 Å². The lowest BCUT2D eigenvalue weighted by atomic mass is 9.91. The summed E-state index contributed by atoms with van der Waals surface area (Å²) in [5.41, 5.74) is 0.298. The molecule has 0 aromatic rings. The molecule has 0 spiro atoms. The summed E-state index contributed by atoms with van der Waals surface area (Å²) in [6.07, 6.45) is 8.67.